The predicted molar refractivity (Wildman–Crippen MR) is 123 cm³/mol. The van der Waals surface area contributed by atoms with Crippen LogP contribution < -0.4 is 42.9 Å². The Morgan fingerprint density at radius 2 is 0.967 bits per heavy atom. The van der Waals surface area contributed by atoms with Gasteiger partial charge < -0.3 is 21.7 Å². The predicted octanol–water partition coefficient (Wildman–Crippen LogP) is 1.24. The summed E-state index contributed by atoms with van der Waals surface area (Å²) in [5, 5.41) is 4.70. The van der Waals surface area contributed by atoms with Crippen LogP contribution in [0.2, 0.25) is 0 Å². The van der Waals surface area contributed by atoms with Crippen LogP contribution >= 0.6 is 7.26 Å². The quantitative estimate of drug-likeness (QED) is 0.246. The topological polar surface area (TPSA) is 26.3 Å². The number of benzene rings is 4. The zero-order valence-electron chi connectivity index (χ0n) is 16.6. The van der Waals surface area contributed by atoms with Crippen molar-refractivity contribution in [1.82, 2.24) is 0 Å². The van der Waals surface area contributed by atoms with E-state index in [1.54, 1.807) is 0 Å². The molecular weight excluding hydrogens is 455 g/mol. The molecule has 0 saturated heterocycles. The van der Waals surface area contributed by atoms with Crippen LogP contribution in [0.1, 0.15) is 6.92 Å². The highest BCUT2D eigenvalue weighted by atomic mass is 79.9. The minimum absolute atomic E-state index is 0. The zero-order valence-corrected chi connectivity index (χ0v) is 19.1. The first-order valence-corrected chi connectivity index (χ1v) is 11.4. The summed E-state index contributed by atoms with van der Waals surface area (Å²) >= 11 is 0. The van der Waals surface area contributed by atoms with Gasteiger partial charge in [0.15, 0.2) is 11.1 Å². The number of hydrogen-bond acceptors (Lipinski definition) is 2. The summed E-state index contributed by atoms with van der Waals surface area (Å²) in [5.74, 6) is 0.301. The lowest BCUT2D eigenvalue weighted by molar-refractivity contribution is -0.131. The fourth-order valence-corrected chi connectivity index (χ4v) is 8.14. The molecule has 4 heteroatoms. The number of carbonyl (C=O) groups is 1. The third-order valence-corrected chi connectivity index (χ3v) is 9.22. The maximum Gasteiger partial charge on any atom is 0.308 e. The maximum absolute atomic E-state index is 11.9. The van der Waals surface area contributed by atoms with Crippen LogP contribution in [-0.4, -0.2) is 5.97 Å². The fourth-order valence-electron chi connectivity index (χ4n) is 3.79. The third-order valence-electron chi connectivity index (χ3n) is 4.91. The van der Waals surface area contributed by atoms with Gasteiger partial charge >= 0.3 is 5.97 Å². The number of hydrogen-bond donors (Lipinski definition) is 0. The number of halogens is 1. The second-order valence-corrected chi connectivity index (χ2v) is 10.1. The van der Waals surface area contributed by atoms with Crippen LogP contribution in [0.15, 0.2) is 115 Å². The molecule has 4 aromatic carbocycles. The first-order valence-electron chi connectivity index (χ1n) is 9.57. The van der Waals surface area contributed by atoms with E-state index in [4.69, 9.17) is 4.74 Å². The van der Waals surface area contributed by atoms with Gasteiger partial charge in [0.25, 0.3) is 0 Å². The van der Waals surface area contributed by atoms with Crippen molar-refractivity contribution in [3.8, 4) is 5.75 Å². The Hall–Kier alpha value is -2.74. The van der Waals surface area contributed by atoms with E-state index >= 15 is 0 Å². The van der Waals surface area contributed by atoms with Gasteiger partial charge in [-0.3, -0.25) is 4.79 Å². The average molecular weight is 477 g/mol. The highest BCUT2D eigenvalue weighted by molar-refractivity contribution is 8.01. The molecule has 0 bridgehead atoms. The highest BCUT2D eigenvalue weighted by Crippen LogP contribution is 2.56. The molecule has 0 radical (unpaired) electrons. The molecule has 4 rings (SSSR count). The maximum atomic E-state index is 11.9. The van der Waals surface area contributed by atoms with Crippen molar-refractivity contribution in [1.29, 1.82) is 0 Å². The lowest BCUT2D eigenvalue weighted by atomic mass is 10.3. The number of ether oxygens (including phenoxy) is 1. The summed E-state index contributed by atoms with van der Waals surface area (Å²) in [6.45, 7) is 1.45. The van der Waals surface area contributed by atoms with E-state index in [1.165, 1.54) is 22.8 Å². The van der Waals surface area contributed by atoms with Gasteiger partial charge in [-0.25, -0.2) is 0 Å². The van der Waals surface area contributed by atoms with Crippen molar-refractivity contribution >= 4 is 34.4 Å². The summed E-state index contributed by atoms with van der Waals surface area (Å²) in [4.78, 5) is 11.9. The van der Waals surface area contributed by atoms with E-state index in [0.29, 0.717) is 5.75 Å². The molecular formula is C26H22BrO2P. The summed E-state index contributed by atoms with van der Waals surface area (Å²) in [6.07, 6.45) is 0. The van der Waals surface area contributed by atoms with Crippen molar-refractivity contribution in [2.24, 2.45) is 0 Å². The second-order valence-electron chi connectivity index (χ2n) is 6.74. The Morgan fingerprint density at radius 3 is 1.37 bits per heavy atom. The lowest BCUT2D eigenvalue weighted by Gasteiger charge is -2.28. The van der Waals surface area contributed by atoms with Gasteiger partial charge in [-0.05, 0) is 48.5 Å². The normalized spacial score (nSPS) is 10.7. The number of para-hydroxylation sites is 1. The minimum Gasteiger partial charge on any atom is -1.00 e. The summed E-state index contributed by atoms with van der Waals surface area (Å²) < 4.78 is 5.70. The number of rotatable bonds is 5. The van der Waals surface area contributed by atoms with Crippen LogP contribution in [0.3, 0.4) is 0 Å². The minimum atomic E-state index is -2.28. The molecule has 0 aliphatic carbocycles. The molecule has 0 aliphatic heterocycles. The number of esters is 1. The van der Waals surface area contributed by atoms with Crippen molar-refractivity contribution in [2.75, 3.05) is 0 Å². The molecule has 0 fully saturated rings. The SMILES string of the molecule is CC(=O)Oc1ccccc1[P+](c1ccccc1)(c1ccccc1)c1ccccc1.[Br-]. The molecule has 0 spiro atoms. The number of carbonyl (C=O) groups excluding carboxylic acids is 1. The van der Waals surface area contributed by atoms with Crippen LogP contribution in [-0.2, 0) is 4.79 Å². The molecule has 0 aliphatic rings. The van der Waals surface area contributed by atoms with E-state index < -0.39 is 7.26 Å². The first-order chi connectivity index (χ1) is 14.2. The highest BCUT2D eigenvalue weighted by Gasteiger charge is 2.49. The average Bonchev–Trinajstić information content (AvgIpc) is 2.77. The Labute approximate surface area is 188 Å². The first kappa shape index (κ1) is 22.0. The van der Waals surface area contributed by atoms with E-state index in [1.807, 2.05) is 36.4 Å². The van der Waals surface area contributed by atoms with Gasteiger partial charge in [-0.15, -0.1) is 0 Å². The van der Waals surface area contributed by atoms with Crippen LogP contribution in [0.25, 0.3) is 0 Å². The molecule has 0 unspecified atom stereocenters. The van der Waals surface area contributed by atoms with Crippen LogP contribution in [0, 0.1) is 0 Å². The molecule has 2 nitrogen and oxygen atoms in total. The Bertz CT molecular complexity index is 1000. The smallest absolute Gasteiger partial charge is 0.308 e. The van der Waals surface area contributed by atoms with E-state index in [0.717, 1.165) is 5.30 Å². The Kier molecular flexibility index (Phi) is 7.20. The van der Waals surface area contributed by atoms with Gasteiger partial charge in [-0.1, -0.05) is 66.7 Å². The summed E-state index contributed by atoms with van der Waals surface area (Å²) in [6, 6.07) is 39.5. The molecule has 0 aromatic heterocycles. The third kappa shape index (κ3) is 4.09. The molecule has 0 amide bonds. The molecule has 0 heterocycles. The molecule has 0 N–H and O–H groups in total. The van der Waals surface area contributed by atoms with E-state index in [9.17, 15) is 4.79 Å². The van der Waals surface area contributed by atoms with Crippen LogP contribution in [0.4, 0.5) is 0 Å². The largest absolute Gasteiger partial charge is 1.00 e. The van der Waals surface area contributed by atoms with E-state index in [-0.39, 0.29) is 23.0 Å². The van der Waals surface area contributed by atoms with Gasteiger partial charge in [0.2, 0.25) is 0 Å². The van der Waals surface area contributed by atoms with Crippen molar-refractivity contribution in [2.45, 2.75) is 6.92 Å². The standard InChI is InChI=1S/C26H22O2P.BrH/c1-21(27)28-25-19-11-12-20-26(25)29(22-13-5-2-6-14-22,23-15-7-3-8-16-23)24-17-9-4-10-18-24;/h2-20H,1H3;1H/q+1;/p-1. The Balaban J connectivity index is 0.00000256. The monoisotopic (exact) mass is 476 g/mol. The van der Waals surface area contributed by atoms with Crippen molar-refractivity contribution in [3.63, 3.8) is 0 Å². The van der Waals surface area contributed by atoms with Gasteiger partial charge in [-0.2, -0.15) is 0 Å². The second kappa shape index (κ2) is 9.84. The Morgan fingerprint density at radius 1 is 0.600 bits per heavy atom. The van der Waals surface area contributed by atoms with Gasteiger partial charge in [0, 0.05) is 6.92 Å². The zero-order chi connectivity index (χ0) is 20.1. The summed E-state index contributed by atoms with van der Waals surface area (Å²) in [7, 11) is -2.28. The molecule has 0 saturated carbocycles. The molecule has 0 atom stereocenters. The van der Waals surface area contributed by atoms with Crippen molar-refractivity contribution < 1.29 is 26.5 Å². The molecule has 150 valence electrons. The fraction of sp³-hybridized carbons (Fsp3) is 0.0385. The molecule has 4 aromatic rings. The van der Waals surface area contributed by atoms with Gasteiger partial charge in [0.05, 0.1) is 0 Å². The lowest BCUT2D eigenvalue weighted by Crippen LogP contribution is -3.00. The van der Waals surface area contributed by atoms with Crippen molar-refractivity contribution in [3.05, 3.63) is 115 Å². The van der Waals surface area contributed by atoms with Gasteiger partial charge in [0.1, 0.15) is 23.2 Å². The van der Waals surface area contributed by atoms with E-state index in [2.05, 4.69) is 78.9 Å². The molecule has 30 heavy (non-hydrogen) atoms. The van der Waals surface area contributed by atoms with Crippen LogP contribution in [0.5, 0.6) is 5.75 Å². The summed E-state index contributed by atoms with van der Waals surface area (Å²) in [5.41, 5.74) is 0.